The number of benzene rings is 1. The highest BCUT2D eigenvalue weighted by Crippen LogP contribution is 2.27. The molecule has 18 heavy (non-hydrogen) atoms. The highest BCUT2D eigenvalue weighted by Gasteiger charge is 2.23. The number of aliphatic hydroxyl groups excluding tert-OH is 1. The lowest BCUT2D eigenvalue weighted by Gasteiger charge is -2.30. The van der Waals surface area contributed by atoms with Gasteiger partial charge in [-0.2, -0.15) is 0 Å². The summed E-state index contributed by atoms with van der Waals surface area (Å²) in [5, 5.41) is 13.6. The Balaban J connectivity index is 2.02. The van der Waals surface area contributed by atoms with E-state index in [1.165, 1.54) is 0 Å². The molecule has 1 aliphatic heterocycles. The molecule has 5 heteroatoms. The van der Waals surface area contributed by atoms with Crippen molar-refractivity contribution in [3.05, 3.63) is 27.7 Å². The van der Waals surface area contributed by atoms with Crippen molar-refractivity contribution in [1.82, 2.24) is 0 Å². The highest BCUT2D eigenvalue weighted by atomic mass is 79.9. The van der Waals surface area contributed by atoms with Gasteiger partial charge in [0.15, 0.2) is 0 Å². The second-order valence-corrected chi connectivity index (χ2v) is 5.77. The van der Waals surface area contributed by atoms with Crippen molar-refractivity contribution in [2.75, 3.05) is 25.1 Å². The van der Waals surface area contributed by atoms with Gasteiger partial charge in [-0.15, -0.1) is 0 Å². The van der Waals surface area contributed by atoms with Gasteiger partial charge in [-0.25, -0.2) is 0 Å². The molecule has 1 unspecified atom stereocenters. The Bertz CT molecular complexity index is 397. The summed E-state index contributed by atoms with van der Waals surface area (Å²) >= 11 is 9.36. The molecule has 0 amide bonds. The van der Waals surface area contributed by atoms with Crippen LogP contribution < -0.4 is 5.32 Å². The molecule has 1 aromatic rings. The lowest BCUT2D eigenvalue weighted by molar-refractivity contribution is 0.0534. The van der Waals surface area contributed by atoms with Gasteiger partial charge in [0.2, 0.25) is 0 Å². The van der Waals surface area contributed by atoms with Crippen LogP contribution in [0, 0.1) is 5.92 Å². The molecule has 0 aliphatic carbocycles. The monoisotopic (exact) mass is 333 g/mol. The van der Waals surface area contributed by atoms with Crippen LogP contribution in [0.4, 0.5) is 5.69 Å². The molecule has 1 aliphatic rings. The normalized spacial score (nSPS) is 18.6. The molecule has 0 aromatic heterocycles. The van der Waals surface area contributed by atoms with Crippen LogP contribution in [0.2, 0.25) is 5.02 Å². The molecule has 0 bridgehead atoms. The van der Waals surface area contributed by atoms with E-state index >= 15 is 0 Å². The maximum Gasteiger partial charge on any atom is 0.0635 e. The second-order valence-electron chi connectivity index (χ2n) is 4.51. The van der Waals surface area contributed by atoms with Crippen LogP contribution in [0.25, 0.3) is 0 Å². The Morgan fingerprint density at radius 1 is 1.44 bits per heavy atom. The second kappa shape index (κ2) is 6.75. The van der Waals surface area contributed by atoms with E-state index in [1.807, 2.05) is 18.2 Å². The third-order valence-corrected chi connectivity index (χ3v) is 4.52. The number of halogens is 2. The Kier molecular flexibility index (Phi) is 5.30. The minimum Gasteiger partial charge on any atom is -0.394 e. The van der Waals surface area contributed by atoms with Crippen molar-refractivity contribution in [2.24, 2.45) is 5.92 Å². The summed E-state index contributed by atoms with van der Waals surface area (Å²) in [4.78, 5) is 0. The number of hydrogen-bond acceptors (Lipinski definition) is 3. The Labute approximate surface area is 121 Å². The number of hydrogen-bond donors (Lipinski definition) is 2. The molecular weight excluding hydrogens is 318 g/mol. The Morgan fingerprint density at radius 3 is 2.78 bits per heavy atom. The van der Waals surface area contributed by atoms with Crippen LogP contribution >= 0.6 is 27.5 Å². The van der Waals surface area contributed by atoms with Gasteiger partial charge < -0.3 is 15.2 Å². The van der Waals surface area contributed by atoms with Gasteiger partial charge in [0.1, 0.15) is 0 Å². The van der Waals surface area contributed by atoms with Crippen molar-refractivity contribution < 1.29 is 9.84 Å². The van der Waals surface area contributed by atoms with Crippen molar-refractivity contribution >= 4 is 33.2 Å². The van der Waals surface area contributed by atoms with Crippen LogP contribution in [0.1, 0.15) is 12.8 Å². The fourth-order valence-electron chi connectivity index (χ4n) is 2.23. The molecule has 2 N–H and O–H groups in total. The van der Waals surface area contributed by atoms with E-state index in [1.54, 1.807) is 0 Å². The molecule has 100 valence electrons. The Morgan fingerprint density at radius 2 is 2.17 bits per heavy atom. The van der Waals surface area contributed by atoms with E-state index in [2.05, 4.69) is 21.2 Å². The van der Waals surface area contributed by atoms with E-state index in [0.717, 1.165) is 36.2 Å². The lowest BCUT2D eigenvalue weighted by atomic mass is 9.92. The SMILES string of the molecule is OCC(Nc1ccc(Cl)c(Br)c1)C1CCOCC1. The predicted molar refractivity (Wildman–Crippen MR) is 77.2 cm³/mol. The van der Waals surface area contributed by atoms with Crippen LogP contribution in [0.5, 0.6) is 0 Å². The maximum absolute atomic E-state index is 9.52. The standard InChI is InChI=1S/C13H17BrClNO2/c14-11-7-10(1-2-12(11)15)16-13(8-17)9-3-5-18-6-4-9/h1-2,7,9,13,16-17H,3-6,8H2. The summed E-state index contributed by atoms with van der Waals surface area (Å²) in [5.41, 5.74) is 0.969. The zero-order valence-corrected chi connectivity index (χ0v) is 12.4. The lowest BCUT2D eigenvalue weighted by Crippen LogP contribution is -2.36. The first kappa shape index (κ1) is 14.1. The van der Waals surface area contributed by atoms with E-state index in [-0.39, 0.29) is 12.6 Å². The summed E-state index contributed by atoms with van der Waals surface area (Å²) < 4.78 is 6.20. The molecule has 1 aromatic carbocycles. The van der Waals surface area contributed by atoms with Crippen molar-refractivity contribution in [2.45, 2.75) is 18.9 Å². The van der Waals surface area contributed by atoms with Crippen LogP contribution in [0.15, 0.2) is 22.7 Å². The summed E-state index contributed by atoms with van der Waals surface area (Å²) in [6.45, 7) is 1.70. The number of nitrogens with one attached hydrogen (secondary N) is 1. The fraction of sp³-hybridized carbons (Fsp3) is 0.538. The zero-order valence-electron chi connectivity index (χ0n) is 10.0. The summed E-state index contributed by atoms with van der Waals surface area (Å²) in [7, 11) is 0. The molecule has 3 nitrogen and oxygen atoms in total. The fourth-order valence-corrected chi connectivity index (χ4v) is 2.73. The van der Waals surface area contributed by atoms with Gasteiger partial charge in [0.05, 0.1) is 17.7 Å². The molecule has 1 heterocycles. The van der Waals surface area contributed by atoms with Gasteiger partial charge in [0.25, 0.3) is 0 Å². The maximum atomic E-state index is 9.52. The minimum absolute atomic E-state index is 0.0713. The molecule has 0 saturated carbocycles. The predicted octanol–water partition coefficient (Wildman–Crippen LogP) is 3.30. The third kappa shape index (κ3) is 3.60. The summed E-state index contributed by atoms with van der Waals surface area (Å²) in [6.07, 6.45) is 1.99. The number of ether oxygens (including phenoxy) is 1. The van der Waals surface area contributed by atoms with Crippen LogP contribution in [0.3, 0.4) is 0 Å². The average molecular weight is 335 g/mol. The van der Waals surface area contributed by atoms with Crippen molar-refractivity contribution in [3.8, 4) is 0 Å². The number of anilines is 1. The first-order chi connectivity index (χ1) is 8.70. The minimum atomic E-state index is 0.0713. The van der Waals surface area contributed by atoms with E-state index in [9.17, 15) is 5.11 Å². The molecule has 0 spiro atoms. The number of rotatable bonds is 4. The first-order valence-electron chi connectivity index (χ1n) is 6.11. The van der Waals surface area contributed by atoms with Crippen molar-refractivity contribution in [3.63, 3.8) is 0 Å². The average Bonchev–Trinajstić information content (AvgIpc) is 2.41. The smallest absolute Gasteiger partial charge is 0.0635 e. The zero-order chi connectivity index (χ0) is 13.0. The quantitative estimate of drug-likeness (QED) is 0.887. The van der Waals surface area contributed by atoms with Crippen LogP contribution in [-0.4, -0.2) is 31.0 Å². The summed E-state index contributed by atoms with van der Waals surface area (Å²) in [5.74, 6) is 0.457. The molecular formula is C13H17BrClNO2. The van der Waals surface area contributed by atoms with Gasteiger partial charge in [-0.05, 0) is 52.9 Å². The molecule has 2 rings (SSSR count). The van der Waals surface area contributed by atoms with Crippen LogP contribution in [-0.2, 0) is 4.74 Å². The molecule has 1 atom stereocenters. The topological polar surface area (TPSA) is 41.5 Å². The molecule has 0 radical (unpaired) electrons. The van der Waals surface area contributed by atoms with Crippen molar-refractivity contribution in [1.29, 1.82) is 0 Å². The van der Waals surface area contributed by atoms with E-state index in [0.29, 0.717) is 10.9 Å². The van der Waals surface area contributed by atoms with Gasteiger partial charge in [-0.1, -0.05) is 11.6 Å². The van der Waals surface area contributed by atoms with E-state index in [4.69, 9.17) is 16.3 Å². The molecule has 1 saturated heterocycles. The highest BCUT2D eigenvalue weighted by molar-refractivity contribution is 9.10. The third-order valence-electron chi connectivity index (χ3n) is 3.30. The summed E-state index contributed by atoms with van der Waals surface area (Å²) in [6, 6.07) is 5.77. The van der Waals surface area contributed by atoms with Gasteiger partial charge >= 0.3 is 0 Å². The largest absolute Gasteiger partial charge is 0.394 e. The van der Waals surface area contributed by atoms with E-state index < -0.39 is 0 Å². The first-order valence-corrected chi connectivity index (χ1v) is 7.28. The molecule has 1 fully saturated rings. The van der Waals surface area contributed by atoms with Gasteiger partial charge in [0, 0.05) is 23.4 Å². The number of aliphatic hydroxyl groups is 1. The van der Waals surface area contributed by atoms with Gasteiger partial charge in [-0.3, -0.25) is 0 Å². The Hall–Kier alpha value is -0.290.